The average Bonchev–Trinajstić information content (AvgIpc) is 2.55. The molecule has 0 aliphatic heterocycles. The Morgan fingerprint density at radius 1 is 1.09 bits per heavy atom. The number of hydrogen-bond donors (Lipinski definition) is 2. The van der Waals surface area contributed by atoms with Crippen molar-refractivity contribution < 1.29 is 4.79 Å². The zero-order valence-corrected chi connectivity index (χ0v) is 14.2. The van der Waals surface area contributed by atoms with Gasteiger partial charge in [0.15, 0.2) is 0 Å². The maximum atomic E-state index is 12.0. The first kappa shape index (κ1) is 17.3. The highest BCUT2D eigenvalue weighted by atomic mass is 35.5. The summed E-state index contributed by atoms with van der Waals surface area (Å²) in [6.45, 7) is 0.749. The first-order chi connectivity index (χ1) is 11.1. The summed E-state index contributed by atoms with van der Waals surface area (Å²) < 4.78 is 0. The lowest BCUT2D eigenvalue weighted by molar-refractivity contribution is -0.119. The molecule has 2 aromatic rings. The Bertz CT molecular complexity index is 631. The lowest BCUT2D eigenvalue weighted by Gasteiger charge is -2.26. The predicted octanol–water partition coefficient (Wildman–Crippen LogP) is 3.17. The average molecular weight is 332 g/mol. The number of nitrogens with zero attached hydrogens (tertiary/aromatic N) is 1. The van der Waals surface area contributed by atoms with E-state index in [0.29, 0.717) is 11.6 Å². The molecule has 2 aromatic carbocycles. The van der Waals surface area contributed by atoms with Crippen molar-refractivity contribution in [1.82, 2.24) is 10.2 Å². The van der Waals surface area contributed by atoms with Crippen molar-refractivity contribution in [1.29, 1.82) is 0 Å². The summed E-state index contributed by atoms with van der Waals surface area (Å²) in [5.74, 6) is -0.0484. The molecule has 0 spiro atoms. The first-order valence-corrected chi connectivity index (χ1v) is 7.92. The van der Waals surface area contributed by atoms with Gasteiger partial charge in [-0.3, -0.25) is 4.79 Å². The molecule has 0 saturated heterocycles. The van der Waals surface area contributed by atoms with E-state index in [4.69, 9.17) is 11.6 Å². The fourth-order valence-corrected chi connectivity index (χ4v) is 2.59. The minimum absolute atomic E-state index is 0.0318. The largest absolute Gasteiger partial charge is 0.376 e. The number of halogens is 1. The highest BCUT2D eigenvalue weighted by Crippen LogP contribution is 2.25. The number of para-hydroxylation sites is 1. The summed E-state index contributed by atoms with van der Waals surface area (Å²) in [6.07, 6.45) is 0. The molecule has 2 N–H and O–H groups in total. The lowest BCUT2D eigenvalue weighted by Crippen LogP contribution is -2.37. The Morgan fingerprint density at radius 3 is 2.39 bits per heavy atom. The van der Waals surface area contributed by atoms with E-state index in [-0.39, 0.29) is 18.5 Å². The van der Waals surface area contributed by atoms with Gasteiger partial charge in [0.2, 0.25) is 5.91 Å². The molecule has 0 fully saturated rings. The normalized spacial score (nSPS) is 12.0. The van der Waals surface area contributed by atoms with Crippen molar-refractivity contribution in [3.63, 3.8) is 0 Å². The van der Waals surface area contributed by atoms with E-state index >= 15 is 0 Å². The molecule has 0 radical (unpaired) electrons. The molecule has 2 rings (SSSR count). The smallest absolute Gasteiger partial charge is 0.239 e. The second-order valence-corrected chi connectivity index (χ2v) is 5.93. The third-order valence-electron chi connectivity index (χ3n) is 3.61. The summed E-state index contributed by atoms with van der Waals surface area (Å²) in [6, 6.07) is 17.4. The predicted molar refractivity (Wildman–Crippen MR) is 95.8 cm³/mol. The number of amides is 1. The maximum Gasteiger partial charge on any atom is 0.239 e. The molecule has 5 heteroatoms. The van der Waals surface area contributed by atoms with Crippen LogP contribution in [0.5, 0.6) is 0 Å². The fraction of sp³-hybridized carbons (Fsp3) is 0.278. The molecule has 0 aromatic heterocycles. The number of carbonyl (C=O) groups excluding carboxylic acids is 1. The third kappa shape index (κ3) is 5.27. The Kier molecular flexibility index (Phi) is 6.44. The molecule has 0 aliphatic rings. The van der Waals surface area contributed by atoms with Crippen LogP contribution in [-0.2, 0) is 4.79 Å². The van der Waals surface area contributed by atoms with Gasteiger partial charge in [-0.25, -0.2) is 0 Å². The van der Waals surface area contributed by atoms with Crippen LogP contribution in [0.4, 0.5) is 5.69 Å². The molecule has 0 aliphatic carbocycles. The number of hydrogen-bond acceptors (Lipinski definition) is 3. The summed E-state index contributed by atoms with van der Waals surface area (Å²) >= 11 is 6.27. The van der Waals surface area contributed by atoms with Gasteiger partial charge in [0, 0.05) is 17.3 Å². The number of anilines is 1. The molecule has 0 heterocycles. The van der Waals surface area contributed by atoms with E-state index in [0.717, 1.165) is 11.3 Å². The highest BCUT2D eigenvalue weighted by Gasteiger charge is 2.17. The summed E-state index contributed by atoms with van der Waals surface area (Å²) in [4.78, 5) is 14.1. The quantitative estimate of drug-likeness (QED) is 0.819. The standard InChI is InChI=1S/C18H22ClN3O/c1-22(2)17(15-10-6-7-11-16(15)19)12-21-18(23)13-20-14-8-4-3-5-9-14/h3-11,17,20H,12-13H2,1-2H3,(H,21,23). The van der Waals surface area contributed by atoms with E-state index in [1.165, 1.54) is 0 Å². The van der Waals surface area contributed by atoms with Crippen LogP contribution in [0.3, 0.4) is 0 Å². The third-order valence-corrected chi connectivity index (χ3v) is 3.95. The fourth-order valence-electron chi connectivity index (χ4n) is 2.33. The summed E-state index contributed by atoms with van der Waals surface area (Å²) in [5, 5.41) is 6.77. The number of likely N-dealkylation sites (N-methyl/N-ethyl adjacent to an activating group) is 1. The number of rotatable bonds is 7. The van der Waals surface area contributed by atoms with Crippen LogP contribution in [0.25, 0.3) is 0 Å². The van der Waals surface area contributed by atoms with Crippen molar-refractivity contribution in [3.05, 3.63) is 65.2 Å². The van der Waals surface area contributed by atoms with Gasteiger partial charge in [0.25, 0.3) is 0 Å². The molecular weight excluding hydrogens is 310 g/mol. The van der Waals surface area contributed by atoms with E-state index < -0.39 is 0 Å². The van der Waals surface area contributed by atoms with Gasteiger partial charge in [-0.2, -0.15) is 0 Å². The topological polar surface area (TPSA) is 44.4 Å². The molecule has 23 heavy (non-hydrogen) atoms. The molecule has 1 unspecified atom stereocenters. The zero-order chi connectivity index (χ0) is 16.7. The van der Waals surface area contributed by atoms with Crippen LogP contribution >= 0.6 is 11.6 Å². The number of nitrogens with one attached hydrogen (secondary N) is 2. The van der Waals surface area contributed by atoms with Crippen LogP contribution in [0.2, 0.25) is 5.02 Å². The van der Waals surface area contributed by atoms with Crippen LogP contribution in [-0.4, -0.2) is 38.0 Å². The lowest BCUT2D eigenvalue weighted by atomic mass is 10.1. The zero-order valence-electron chi connectivity index (χ0n) is 13.4. The Hall–Kier alpha value is -2.04. The van der Waals surface area contributed by atoms with Crippen LogP contribution in [0.1, 0.15) is 11.6 Å². The number of benzene rings is 2. The molecule has 1 atom stereocenters. The minimum atomic E-state index is -0.0484. The highest BCUT2D eigenvalue weighted by molar-refractivity contribution is 6.31. The first-order valence-electron chi connectivity index (χ1n) is 7.54. The van der Waals surface area contributed by atoms with E-state index in [9.17, 15) is 4.79 Å². The van der Waals surface area contributed by atoms with Crippen molar-refractivity contribution in [2.24, 2.45) is 0 Å². The molecule has 0 saturated carbocycles. The van der Waals surface area contributed by atoms with Crippen LogP contribution in [0, 0.1) is 0 Å². The Morgan fingerprint density at radius 2 is 1.74 bits per heavy atom. The Labute approximate surface area is 142 Å². The van der Waals surface area contributed by atoms with Gasteiger partial charge < -0.3 is 15.5 Å². The second-order valence-electron chi connectivity index (χ2n) is 5.52. The minimum Gasteiger partial charge on any atom is -0.376 e. The van der Waals surface area contributed by atoms with E-state index in [1.807, 2.05) is 73.6 Å². The van der Waals surface area contributed by atoms with Crippen LogP contribution in [0.15, 0.2) is 54.6 Å². The van der Waals surface area contributed by atoms with E-state index in [1.54, 1.807) is 0 Å². The Balaban J connectivity index is 1.89. The van der Waals surface area contributed by atoms with Crippen LogP contribution < -0.4 is 10.6 Å². The summed E-state index contributed by atoms with van der Waals surface area (Å²) in [5.41, 5.74) is 1.94. The van der Waals surface area contributed by atoms with E-state index in [2.05, 4.69) is 10.6 Å². The van der Waals surface area contributed by atoms with Crippen molar-refractivity contribution >= 4 is 23.2 Å². The summed E-state index contributed by atoms with van der Waals surface area (Å²) in [7, 11) is 3.95. The van der Waals surface area contributed by atoms with Gasteiger partial charge in [-0.1, -0.05) is 48.0 Å². The van der Waals surface area contributed by atoms with Gasteiger partial charge in [-0.05, 0) is 37.9 Å². The molecule has 122 valence electrons. The monoisotopic (exact) mass is 331 g/mol. The molecule has 0 bridgehead atoms. The molecular formula is C18H22ClN3O. The SMILES string of the molecule is CN(C)C(CNC(=O)CNc1ccccc1)c1ccccc1Cl. The van der Waals surface area contributed by atoms with Crippen molar-refractivity contribution in [2.45, 2.75) is 6.04 Å². The van der Waals surface area contributed by atoms with Gasteiger partial charge in [-0.15, -0.1) is 0 Å². The maximum absolute atomic E-state index is 12.0. The van der Waals surface area contributed by atoms with Gasteiger partial charge in [0.1, 0.15) is 0 Å². The number of carbonyl (C=O) groups is 1. The van der Waals surface area contributed by atoms with Crippen molar-refractivity contribution in [2.75, 3.05) is 32.5 Å². The van der Waals surface area contributed by atoms with Gasteiger partial charge in [0.05, 0.1) is 12.6 Å². The van der Waals surface area contributed by atoms with Gasteiger partial charge >= 0.3 is 0 Å². The van der Waals surface area contributed by atoms with Crippen molar-refractivity contribution in [3.8, 4) is 0 Å². The molecule has 4 nitrogen and oxygen atoms in total. The molecule has 1 amide bonds. The second kappa shape index (κ2) is 8.56.